The highest BCUT2D eigenvalue weighted by molar-refractivity contribution is 4.91. The van der Waals surface area contributed by atoms with E-state index in [1.54, 1.807) is 7.05 Å². The average Bonchev–Trinajstić information content (AvgIpc) is 1.84. The van der Waals surface area contributed by atoms with Crippen LogP contribution in [0.15, 0.2) is 0 Å². The molecule has 1 fully saturated rings. The second kappa shape index (κ2) is 2.46. The Hall–Kier alpha value is -0.0800. The fraction of sp³-hybridized carbons (Fsp3) is 0.889. The molecule has 2 atom stereocenters. The number of hydrogen-bond donors (Lipinski definition) is 0. The Balaban J connectivity index is 2.82. The molecule has 0 aromatic rings. The van der Waals surface area contributed by atoms with Gasteiger partial charge in [0.2, 0.25) is 0 Å². The second-order valence-corrected chi connectivity index (χ2v) is 4.29. The standard InChI is InChI=1S/C9H18NO/c1-8-6-5-7-10(4,11)9(8,2)3/h6,8H,5,7H2,1-4H3. The predicted octanol–water partition coefficient (Wildman–Crippen LogP) is 1.95. The maximum atomic E-state index is 11.9. The van der Waals surface area contributed by atoms with Crippen LogP contribution >= 0.6 is 0 Å². The van der Waals surface area contributed by atoms with Crippen LogP contribution in [0.3, 0.4) is 0 Å². The minimum atomic E-state index is -0.141. The zero-order valence-electron chi connectivity index (χ0n) is 7.92. The van der Waals surface area contributed by atoms with Gasteiger partial charge in [0, 0.05) is 12.3 Å². The number of quaternary nitrogens is 1. The summed E-state index contributed by atoms with van der Waals surface area (Å²) < 4.78 is -0.0926. The number of rotatable bonds is 0. The van der Waals surface area contributed by atoms with Crippen LogP contribution in [0.4, 0.5) is 0 Å². The number of hydrogen-bond acceptors (Lipinski definition) is 1. The molecule has 0 aliphatic carbocycles. The van der Waals surface area contributed by atoms with Crippen molar-refractivity contribution in [3.8, 4) is 0 Å². The number of nitrogens with zero attached hydrogens (tertiary/aromatic N) is 1. The van der Waals surface area contributed by atoms with Crippen LogP contribution in [0, 0.1) is 17.5 Å². The third kappa shape index (κ3) is 1.30. The summed E-state index contributed by atoms with van der Waals surface area (Å²) in [5, 5.41) is 11.9. The van der Waals surface area contributed by atoms with Crippen molar-refractivity contribution in [3.63, 3.8) is 0 Å². The van der Waals surface area contributed by atoms with Gasteiger partial charge in [0.25, 0.3) is 0 Å². The van der Waals surface area contributed by atoms with Gasteiger partial charge in [-0.3, -0.25) is 0 Å². The van der Waals surface area contributed by atoms with E-state index in [2.05, 4.69) is 27.2 Å². The third-order valence-electron chi connectivity index (χ3n) is 3.41. The molecule has 11 heavy (non-hydrogen) atoms. The molecule has 1 aliphatic rings. The van der Waals surface area contributed by atoms with Gasteiger partial charge in [-0.1, -0.05) is 6.92 Å². The van der Waals surface area contributed by atoms with Crippen molar-refractivity contribution < 1.29 is 4.65 Å². The lowest BCUT2D eigenvalue weighted by Crippen LogP contribution is -2.61. The van der Waals surface area contributed by atoms with Crippen LogP contribution in [0.2, 0.25) is 0 Å². The molecule has 0 aromatic carbocycles. The van der Waals surface area contributed by atoms with E-state index in [9.17, 15) is 5.21 Å². The monoisotopic (exact) mass is 156 g/mol. The molecule has 0 saturated carbocycles. The van der Waals surface area contributed by atoms with E-state index in [0.717, 1.165) is 13.0 Å². The lowest BCUT2D eigenvalue weighted by molar-refractivity contribution is -0.918. The molecule has 0 N–H and O–H groups in total. The lowest BCUT2D eigenvalue weighted by Gasteiger charge is -2.57. The quantitative estimate of drug-likeness (QED) is 0.388. The maximum Gasteiger partial charge on any atom is 0.0959 e. The maximum absolute atomic E-state index is 11.9. The van der Waals surface area contributed by atoms with Gasteiger partial charge < -0.3 is 9.85 Å². The minimum Gasteiger partial charge on any atom is -0.633 e. The Morgan fingerprint density at radius 2 is 2.09 bits per heavy atom. The first-order chi connectivity index (χ1) is 4.88. The van der Waals surface area contributed by atoms with E-state index < -0.39 is 0 Å². The van der Waals surface area contributed by atoms with Crippen LogP contribution in [0.1, 0.15) is 27.2 Å². The van der Waals surface area contributed by atoms with E-state index in [0.29, 0.717) is 5.92 Å². The number of piperidine rings is 1. The highest BCUT2D eigenvalue weighted by Gasteiger charge is 2.41. The summed E-state index contributed by atoms with van der Waals surface area (Å²) in [6, 6.07) is 0. The van der Waals surface area contributed by atoms with Crippen molar-refractivity contribution in [2.75, 3.05) is 13.6 Å². The summed E-state index contributed by atoms with van der Waals surface area (Å²) in [6.07, 6.45) is 3.22. The van der Waals surface area contributed by atoms with Crippen LogP contribution in [0.25, 0.3) is 0 Å². The van der Waals surface area contributed by atoms with E-state index in [1.165, 1.54) is 0 Å². The summed E-state index contributed by atoms with van der Waals surface area (Å²) in [7, 11) is 1.78. The van der Waals surface area contributed by atoms with Crippen LogP contribution in [-0.2, 0) is 0 Å². The van der Waals surface area contributed by atoms with E-state index in [-0.39, 0.29) is 10.2 Å². The molecule has 2 unspecified atom stereocenters. The summed E-state index contributed by atoms with van der Waals surface area (Å²) in [6.45, 7) is 6.98. The summed E-state index contributed by atoms with van der Waals surface area (Å²) in [5.41, 5.74) is -0.141. The Labute approximate surface area is 69.4 Å². The molecule has 0 spiro atoms. The third-order valence-corrected chi connectivity index (χ3v) is 3.41. The predicted molar refractivity (Wildman–Crippen MR) is 46.6 cm³/mol. The van der Waals surface area contributed by atoms with Crippen molar-refractivity contribution in [2.45, 2.75) is 32.7 Å². The van der Waals surface area contributed by atoms with Gasteiger partial charge in [0.15, 0.2) is 0 Å². The van der Waals surface area contributed by atoms with Crippen LogP contribution in [-0.4, -0.2) is 23.8 Å². The first-order valence-corrected chi connectivity index (χ1v) is 4.28. The number of hydroxylamine groups is 3. The van der Waals surface area contributed by atoms with Crippen LogP contribution in [0.5, 0.6) is 0 Å². The molecule has 0 aromatic heterocycles. The molecule has 65 valence electrons. The molecule has 2 heteroatoms. The van der Waals surface area contributed by atoms with Gasteiger partial charge in [-0.25, -0.2) is 0 Å². The summed E-state index contributed by atoms with van der Waals surface area (Å²) in [4.78, 5) is 0. The van der Waals surface area contributed by atoms with Gasteiger partial charge >= 0.3 is 0 Å². The SMILES string of the molecule is CC1[CH]CC[N+](C)([O-])C1(C)C. The fourth-order valence-electron chi connectivity index (χ4n) is 1.58. The van der Waals surface area contributed by atoms with Gasteiger partial charge in [0.05, 0.1) is 19.1 Å². The molecule has 1 rings (SSSR count). The van der Waals surface area contributed by atoms with Gasteiger partial charge in [-0.2, -0.15) is 0 Å². The first-order valence-electron chi connectivity index (χ1n) is 4.28. The van der Waals surface area contributed by atoms with Crippen molar-refractivity contribution in [2.24, 2.45) is 5.92 Å². The molecule has 1 saturated heterocycles. The lowest BCUT2D eigenvalue weighted by atomic mass is 9.80. The number of likely N-dealkylation sites (tertiary alicyclic amines) is 1. The largest absolute Gasteiger partial charge is 0.633 e. The van der Waals surface area contributed by atoms with E-state index in [4.69, 9.17) is 0 Å². The second-order valence-electron chi connectivity index (χ2n) is 4.29. The van der Waals surface area contributed by atoms with Crippen molar-refractivity contribution in [1.29, 1.82) is 0 Å². The molecule has 1 aliphatic heterocycles. The minimum absolute atomic E-state index is 0.0926. The Morgan fingerprint density at radius 1 is 1.55 bits per heavy atom. The van der Waals surface area contributed by atoms with Crippen molar-refractivity contribution in [1.82, 2.24) is 0 Å². The average molecular weight is 156 g/mol. The van der Waals surface area contributed by atoms with E-state index in [1.807, 2.05) is 0 Å². The Morgan fingerprint density at radius 3 is 2.45 bits per heavy atom. The highest BCUT2D eigenvalue weighted by Crippen LogP contribution is 2.36. The summed E-state index contributed by atoms with van der Waals surface area (Å²) in [5.74, 6) is 0.429. The summed E-state index contributed by atoms with van der Waals surface area (Å²) >= 11 is 0. The van der Waals surface area contributed by atoms with E-state index >= 15 is 0 Å². The van der Waals surface area contributed by atoms with Gasteiger partial charge in [-0.15, -0.1) is 0 Å². The first kappa shape index (κ1) is 9.01. The molecular formula is C9H18NO. The topological polar surface area (TPSA) is 23.1 Å². The smallest absolute Gasteiger partial charge is 0.0959 e. The zero-order valence-corrected chi connectivity index (χ0v) is 7.92. The van der Waals surface area contributed by atoms with Crippen molar-refractivity contribution in [3.05, 3.63) is 11.6 Å². The Bertz CT molecular complexity index is 152. The molecule has 1 heterocycles. The zero-order chi connectivity index (χ0) is 8.70. The molecular weight excluding hydrogens is 138 g/mol. The Kier molecular flexibility index (Phi) is 2.01. The molecule has 1 radical (unpaired) electrons. The molecule has 2 nitrogen and oxygen atoms in total. The molecule has 0 amide bonds. The normalized spacial score (nSPS) is 43.9. The highest BCUT2D eigenvalue weighted by atomic mass is 16.5. The van der Waals surface area contributed by atoms with Crippen LogP contribution < -0.4 is 0 Å². The molecule has 0 bridgehead atoms. The van der Waals surface area contributed by atoms with Gasteiger partial charge in [0.1, 0.15) is 0 Å². The van der Waals surface area contributed by atoms with Gasteiger partial charge in [-0.05, 0) is 20.3 Å². The fourth-order valence-corrected chi connectivity index (χ4v) is 1.58. The van der Waals surface area contributed by atoms with Crippen molar-refractivity contribution >= 4 is 0 Å².